The molecule has 0 amide bonds. The average Bonchev–Trinajstić information content (AvgIpc) is 2.43. The Hall–Kier alpha value is -0.660. The van der Waals surface area contributed by atoms with Gasteiger partial charge in [0.2, 0.25) is 0 Å². The highest BCUT2D eigenvalue weighted by Gasteiger charge is 2.26. The molecule has 1 fully saturated rings. The summed E-state index contributed by atoms with van der Waals surface area (Å²) in [4.78, 5) is 11.1. The molecule has 0 saturated carbocycles. The lowest BCUT2D eigenvalue weighted by atomic mass is 10.0. The number of benzene rings is 1. The second-order valence-corrected chi connectivity index (χ2v) is 5.61. The fourth-order valence-corrected chi connectivity index (χ4v) is 2.76. The molecule has 0 aliphatic carbocycles. The van der Waals surface area contributed by atoms with Gasteiger partial charge >= 0.3 is 5.97 Å². The van der Waals surface area contributed by atoms with Crippen molar-refractivity contribution in [2.75, 3.05) is 26.4 Å². The second-order valence-electron chi connectivity index (χ2n) is 4.32. The Kier molecular flexibility index (Phi) is 5.80. The monoisotopic (exact) mass is 363 g/mol. The van der Waals surface area contributed by atoms with Crippen molar-refractivity contribution in [1.29, 1.82) is 0 Å². The molecule has 7 heteroatoms. The smallest absolute Gasteiger partial charge is 0.313 e. The van der Waals surface area contributed by atoms with Crippen LogP contribution in [0.25, 0.3) is 0 Å². The van der Waals surface area contributed by atoms with Gasteiger partial charge in [-0.2, -0.15) is 0 Å². The summed E-state index contributed by atoms with van der Waals surface area (Å²) in [5.41, 5.74) is 6.56. The van der Waals surface area contributed by atoms with Crippen molar-refractivity contribution in [3.63, 3.8) is 0 Å². The predicted molar refractivity (Wildman–Crippen MR) is 78.0 cm³/mol. The molecule has 110 valence electrons. The van der Waals surface area contributed by atoms with Crippen LogP contribution in [-0.4, -0.2) is 32.4 Å². The third-order valence-electron chi connectivity index (χ3n) is 2.78. The van der Waals surface area contributed by atoms with Gasteiger partial charge in [0.15, 0.2) is 0 Å². The quantitative estimate of drug-likeness (QED) is 0.565. The van der Waals surface area contributed by atoms with Gasteiger partial charge in [0, 0.05) is 16.6 Å². The number of halogens is 2. The average molecular weight is 365 g/mol. The molecular weight excluding hydrogens is 350 g/mol. The van der Waals surface area contributed by atoms with E-state index in [2.05, 4.69) is 15.9 Å². The number of hydrogen-bond donors (Lipinski definition) is 1. The number of rotatable bonds is 0. The summed E-state index contributed by atoms with van der Waals surface area (Å²) in [6, 6.07) is 3.06. The fourth-order valence-electron chi connectivity index (χ4n) is 1.85. The largest absolute Gasteiger partial charge is 0.425 e. The van der Waals surface area contributed by atoms with Crippen LogP contribution in [-0.2, 0) is 14.3 Å². The predicted octanol–water partition coefficient (Wildman–Crippen LogP) is 2.44. The summed E-state index contributed by atoms with van der Waals surface area (Å²) >= 11 is 9.13. The van der Waals surface area contributed by atoms with E-state index < -0.39 is 0 Å². The number of ether oxygens (including phenoxy) is 3. The molecule has 2 N–H and O–H groups in total. The topological polar surface area (TPSA) is 70.8 Å². The van der Waals surface area contributed by atoms with Crippen molar-refractivity contribution in [2.24, 2.45) is 5.73 Å². The molecular formula is C13H15BrClNO4. The van der Waals surface area contributed by atoms with E-state index in [1.54, 1.807) is 12.1 Å². The number of carbonyl (C=O) groups excluding carboxylic acids is 1. The van der Waals surface area contributed by atoms with Crippen molar-refractivity contribution in [3.05, 3.63) is 27.2 Å². The minimum atomic E-state index is -0.332. The Labute approximate surface area is 130 Å². The van der Waals surface area contributed by atoms with E-state index in [0.29, 0.717) is 15.2 Å². The Balaban J connectivity index is 0.000000205. The molecule has 2 heterocycles. The number of nitrogens with two attached hydrogens (primary N) is 1. The lowest BCUT2D eigenvalue weighted by Crippen LogP contribution is -2.25. The van der Waals surface area contributed by atoms with Crippen molar-refractivity contribution >= 4 is 33.5 Å². The van der Waals surface area contributed by atoms with Crippen molar-refractivity contribution in [1.82, 2.24) is 0 Å². The number of hydrogen-bond acceptors (Lipinski definition) is 5. The van der Waals surface area contributed by atoms with E-state index in [-0.39, 0.29) is 18.4 Å². The maximum atomic E-state index is 11.1. The Bertz CT molecular complexity index is 482. The zero-order chi connectivity index (χ0) is 14.5. The Morgan fingerprint density at radius 2 is 1.80 bits per heavy atom. The van der Waals surface area contributed by atoms with E-state index in [4.69, 9.17) is 31.5 Å². The van der Waals surface area contributed by atoms with Gasteiger partial charge in [-0.05, 0) is 28.1 Å². The fraction of sp³-hybridized carbons (Fsp3) is 0.462. The Morgan fingerprint density at radius 1 is 1.20 bits per heavy atom. The highest BCUT2D eigenvalue weighted by Crippen LogP contribution is 2.39. The highest BCUT2D eigenvalue weighted by molar-refractivity contribution is 9.10. The summed E-state index contributed by atoms with van der Waals surface area (Å²) in [6.45, 7) is 3.11. The van der Waals surface area contributed by atoms with Crippen LogP contribution in [0.15, 0.2) is 16.6 Å². The zero-order valence-electron chi connectivity index (χ0n) is 10.7. The number of fused-ring (bicyclic) bond motifs is 1. The van der Waals surface area contributed by atoms with Crippen LogP contribution >= 0.6 is 27.5 Å². The molecule has 2 aliphatic heterocycles. The highest BCUT2D eigenvalue weighted by atomic mass is 79.9. The molecule has 3 rings (SSSR count). The zero-order valence-corrected chi connectivity index (χ0v) is 13.1. The lowest BCUT2D eigenvalue weighted by Gasteiger charge is -2.22. The van der Waals surface area contributed by atoms with Crippen LogP contribution in [0.1, 0.15) is 18.0 Å². The van der Waals surface area contributed by atoms with Crippen molar-refractivity contribution in [3.8, 4) is 5.75 Å². The van der Waals surface area contributed by atoms with E-state index in [1.807, 2.05) is 0 Å². The summed E-state index contributed by atoms with van der Waals surface area (Å²) in [5, 5.41) is 0.573. The van der Waals surface area contributed by atoms with Gasteiger partial charge in [-0.25, -0.2) is 0 Å². The van der Waals surface area contributed by atoms with Crippen LogP contribution < -0.4 is 10.5 Å². The van der Waals surface area contributed by atoms with Gasteiger partial charge in [-0.3, -0.25) is 4.79 Å². The van der Waals surface area contributed by atoms with E-state index in [1.165, 1.54) is 0 Å². The van der Waals surface area contributed by atoms with Gasteiger partial charge in [0.25, 0.3) is 0 Å². The maximum Gasteiger partial charge on any atom is 0.313 e. The van der Waals surface area contributed by atoms with Gasteiger partial charge in [0.05, 0.1) is 37.3 Å². The first kappa shape index (κ1) is 15.7. The van der Waals surface area contributed by atoms with Gasteiger partial charge in [0.1, 0.15) is 5.75 Å². The lowest BCUT2D eigenvalue weighted by molar-refractivity contribution is -0.135. The SMILES string of the molecule is C1COCCO1.NC1CC(=O)Oc2c(Br)cc(Cl)cc21. The van der Waals surface area contributed by atoms with Crippen molar-refractivity contribution < 1.29 is 19.0 Å². The third-order valence-corrected chi connectivity index (χ3v) is 3.59. The van der Waals surface area contributed by atoms with Gasteiger partial charge in [-0.1, -0.05) is 11.6 Å². The van der Waals surface area contributed by atoms with E-state index >= 15 is 0 Å². The number of esters is 1. The van der Waals surface area contributed by atoms with Crippen LogP contribution in [0.3, 0.4) is 0 Å². The van der Waals surface area contributed by atoms with Gasteiger partial charge < -0.3 is 19.9 Å². The summed E-state index contributed by atoms with van der Waals surface area (Å²) in [6.07, 6.45) is 0.194. The molecule has 2 aliphatic rings. The molecule has 0 spiro atoms. The molecule has 0 bridgehead atoms. The first-order valence-corrected chi connectivity index (χ1v) is 7.35. The maximum absolute atomic E-state index is 11.1. The summed E-state index contributed by atoms with van der Waals surface area (Å²) in [5.74, 6) is 0.172. The minimum absolute atomic E-state index is 0.194. The first-order chi connectivity index (χ1) is 9.58. The summed E-state index contributed by atoms with van der Waals surface area (Å²) < 4.78 is 15.6. The molecule has 1 saturated heterocycles. The number of carbonyl (C=O) groups is 1. The Morgan fingerprint density at radius 3 is 2.35 bits per heavy atom. The van der Waals surface area contributed by atoms with Crippen LogP contribution in [0.2, 0.25) is 5.02 Å². The molecule has 20 heavy (non-hydrogen) atoms. The van der Waals surface area contributed by atoms with Crippen LogP contribution in [0.4, 0.5) is 0 Å². The molecule has 0 aromatic heterocycles. The van der Waals surface area contributed by atoms with Crippen LogP contribution in [0, 0.1) is 0 Å². The first-order valence-electron chi connectivity index (χ1n) is 6.18. The van der Waals surface area contributed by atoms with Crippen molar-refractivity contribution in [2.45, 2.75) is 12.5 Å². The van der Waals surface area contributed by atoms with E-state index in [9.17, 15) is 4.79 Å². The van der Waals surface area contributed by atoms with E-state index in [0.717, 1.165) is 32.0 Å². The molecule has 1 aromatic carbocycles. The molecule has 1 atom stereocenters. The standard InChI is InChI=1S/C9H7BrClNO2.C4H8O2/c10-6-2-4(11)1-5-7(12)3-8(13)14-9(5)6;1-2-6-4-3-5-1/h1-2,7H,3,12H2;1-4H2. The second kappa shape index (κ2) is 7.38. The third kappa shape index (κ3) is 4.17. The van der Waals surface area contributed by atoms with Gasteiger partial charge in [-0.15, -0.1) is 0 Å². The van der Waals surface area contributed by atoms with Crippen LogP contribution in [0.5, 0.6) is 5.75 Å². The molecule has 1 aromatic rings. The molecule has 0 radical (unpaired) electrons. The summed E-state index contributed by atoms with van der Waals surface area (Å²) in [7, 11) is 0. The molecule has 5 nitrogen and oxygen atoms in total. The molecule has 1 unspecified atom stereocenters. The minimum Gasteiger partial charge on any atom is -0.425 e. The normalized spacial score (nSPS) is 21.4.